The average molecular weight is 343 g/mol. The van der Waals surface area contributed by atoms with E-state index in [1.54, 1.807) is 13.8 Å². The van der Waals surface area contributed by atoms with Gasteiger partial charge in [0.15, 0.2) is 0 Å². The van der Waals surface area contributed by atoms with Crippen molar-refractivity contribution < 1.29 is 18.0 Å². The number of amides is 1. The summed E-state index contributed by atoms with van der Waals surface area (Å²) in [5.74, 6) is -0.291. The monoisotopic (exact) mass is 343 g/mol. The van der Waals surface area contributed by atoms with Crippen LogP contribution in [-0.2, 0) is 17.5 Å². The molecule has 3 N–H and O–H groups in total. The van der Waals surface area contributed by atoms with Crippen molar-refractivity contribution in [1.82, 2.24) is 10.2 Å². The topological polar surface area (TPSA) is 58.4 Å². The number of nitrogens with one attached hydrogen (secondary N) is 1. The normalized spacial score (nSPS) is 21.5. The molecular formula is C17H24F3N3O. The van der Waals surface area contributed by atoms with Gasteiger partial charge in [-0.3, -0.25) is 9.69 Å². The Morgan fingerprint density at radius 1 is 1.33 bits per heavy atom. The fourth-order valence-electron chi connectivity index (χ4n) is 2.72. The second kappa shape index (κ2) is 7.53. The van der Waals surface area contributed by atoms with E-state index in [0.29, 0.717) is 13.1 Å². The molecule has 0 spiro atoms. The molecule has 7 heteroatoms. The number of nitrogens with zero attached hydrogens (tertiary/aromatic N) is 1. The van der Waals surface area contributed by atoms with Crippen LogP contribution in [0.15, 0.2) is 24.3 Å². The zero-order valence-electron chi connectivity index (χ0n) is 13.9. The molecule has 2 rings (SSSR count). The van der Waals surface area contributed by atoms with Gasteiger partial charge in [-0.1, -0.05) is 19.1 Å². The Bertz CT molecular complexity index is 557. The minimum atomic E-state index is -4.31. The first-order chi connectivity index (χ1) is 11.2. The SMILES string of the molecule is CC(N)C(C)C(=O)NC1CCN(Cc2ccc(C(F)(F)F)cc2)C1. The molecule has 1 aromatic carbocycles. The van der Waals surface area contributed by atoms with Gasteiger partial charge in [0, 0.05) is 37.6 Å². The van der Waals surface area contributed by atoms with Crippen LogP contribution in [-0.4, -0.2) is 36.0 Å². The first kappa shape index (κ1) is 18.7. The molecule has 3 unspecified atom stereocenters. The highest BCUT2D eigenvalue weighted by molar-refractivity contribution is 5.79. The van der Waals surface area contributed by atoms with Gasteiger partial charge in [-0.05, 0) is 31.0 Å². The van der Waals surface area contributed by atoms with Crippen LogP contribution in [0.4, 0.5) is 13.2 Å². The van der Waals surface area contributed by atoms with Gasteiger partial charge in [-0.15, -0.1) is 0 Å². The van der Waals surface area contributed by atoms with E-state index in [1.165, 1.54) is 12.1 Å². The number of benzene rings is 1. The molecule has 0 radical (unpaired) electrons. The van der Waals surface area contributed by atoms with E-state index in [2.05, 4.69) is 10.2 Å². The zero-order chi connectivity index (χ0) is 17.9. The molecule has 3 atom stereocenters. The molecule has 0 aromatic heterocycles. The Hall–Kier alpha value is -1.60. The van der Waals surface area contributed by atoms with Crippen LogP contribution < -0.4 is 11.1 Å². The van der Waals surface area contributed by atoms with Crippen molar-refractivity contribution in [2.24, 2.45) is 11.7 Å². The second-order valence-electron chi connectivity index (χ2n) is 6.57. The fourth-order valence-corrected chi connectivity index (χ4v) is 2.72. The van der Waals surface area contributed by atoms with Crippen LogP contribution in [0.1, 0.15) is 31.4 Å². The van der Waals surface area contributed by atoms with Crippen LogP contribution in [0.2, 0.25) is 0 Å². The van der Waals surface area contributed by atoms with Crippen molar-refractivity contribution in [3.8, 4) is 0 Å². The van der Waals surface area contributed by atoms with Crippen molar-refractivity contribution in [1.29, 1.82) is 0 Å². The standard InChI is InChI=1S/C17H24F3N3O/c1-11(12(2)21)16(24)22-15-7-8-23(10-15)9-13-3-5-14(6-4-13)17(18,19)20/h3-6,11-12,15H,7-10,21H2,1-2H3,(H,22,24). The minimum absolute atomic E-state index is 0.0496. The average Bonchev–Trinajstić information content (AvgIpc) is 2.93. The van der Waals surface area contributed by atoms with E-state index in [1.807, 2.05) is 0 Å². The summed E-state index contributed by atoms with van der Waals surface area (Å²) in [5.41, 5.74) is 5.93. The van der Waals surface area contributed by atoms with Gasteiger partial charge < -0.3 is 11.1 Å². The summed E-state index contributed by atoms with van der Waals surface area (Å²) < 4.78 is 37.7. The lowest BCUT2D eigenvalue weighted by atomic mass is 10.0. The Balaban J connectivity index is 1.85. The Morgan fingerprint density at radius 2 is 1.96 bits per heavy atom. The molecule has 1 heterocycles. The Morgan fingerprint density at radius 3 is 2.50 bits per heavy atom. The lowest BCUT2D eigenvalue weighted by Gasteiger charge is -2.20. The van der Waals surface area contributed by atoms with Crippen LogP contribution in [0, 0.1) is 5.92 Å². The summed E-state index contributed by atoms with van der Waals surface area (Å²) in [6.07, 6.45) is -3.48. The summed E-state index contributed by atoms with van der Waals surface area (Å²) in [5, 5.41) is 3.00. The van der Waals surface area contributed by atoms with Crippen LogP contribution >= 0.6 is 0 Å². The van der Waals surface area contributed by atoms with Crippen LogP contribution in [0.5, 0.6) is 0 Å². The van der Waals surface area contributed by atoms with Gasteiger partial charge in [0.05, 0.1) is 5.56 Å². The number of halogens is 3. The van der Waals surface area contributed by atoms with Gasteiger partial charge in [-0.2, -0.15) is 13.2 Å². The molecule has 1 aromatic rings. The lowest BCUT2D eigenvalue weighted by molar-refractivity contribution is -0.137. The summed E-state index contributed by atoms with van der Waals surface area (Å²) in [7, 11) is 0. The Labute approximate surface area is 140 Å². The first-order valence-electron chi connectivity index (χ1n) is 8.11. The van der Waals surface area contributed by atoms with Gasteiger partial charge in [-0.25, -0.2) is 0 Å². The highest BCUT2D eigenvalue weighted by atomic mass is 19.4. The molecule has 1 aliphatic heterocycles. The predicted molar refractivity (Wildman–Crippen MR) is 86.1 cm³/mol. The van der Waals surface area contributed by atoms with Gasteiger partial charge in [0.2, 0.25) is 5.91 Å². The molecule has 4 nitrogen and oxygen atoms in total. The minimum Gasteiger partial charge on any atom is -0.352 e. The maximum absolute atomic E-state index is 12.6. The summed E-state index contributed by atoms with van der Waals surface area (Å²) >= 11 is 0. The molecular weight excluding hydrogens is 319 g/mol. The number of hydrogen-bond acceptors (Lipinski definition) is 3. The van der Waals surface area contributed by atoms with E-state index >= 15 is 0 Å². The first-order valence-corrected chi connectivity index (χ1v) is 8.11. The number of carbonyl (C=O) groups excluding carboxylic acids is 1. The number of carbonyl (C=O) groups is 1. The number of nitrogens with two attached hydrogens (primary N) is 1. The van der Waals surface area contributed by atoms with E-state index < -0.39 is 11.7 Å². The number of rotatable bonds is 5. The molecule has 134 valence electrons. The van der Waals surface area contributed by atoms with Gasteiger partial charge in [0.25, 0.3) is 0 Å². The smallest absolute Gasteiger partial charge is 0.352 e. The zero-order valence-corrected chi connectivity index (χ0v) is 13.9. The number of likely N-dealkylation sites (tertiary alicyclic amines) is 1. The maximum atomic E-state index is 12.6. The van der Waals surface area contributed by atoms with Crippen molar-refractivity contribution in [3.63, 3.8) is 0 Å². The fraction of sp³-hybridized carbons (Fsp3) is 0.588. The van der Waals surface area contributed by atoms with Crippen molar-refractivity contribution in [2.45, 2.75) is 45.1 Å². The predicted octanol–water partition coefficient (Wildman–Crippen LogP) is 2.38. The quantitative estimate of drug-likeness (QED) is 0.863. The molecule has 0 bridgehead atoms. The lowest BCUT2D eigenvalue weighted by Crippen LogP contribution is -2.44. The highest BCUT2D eigenvalue weighted by Crippen LogP contribution is 2.29. The van der Waals surface area contributed by atoms with Crippen LogP contribution in [0.3, 0.4) is 0 Å². The summed E-state index contributed by atoms with van der Waals surface area (Å²) in [4.78, 5) is 14.1. The number of alkyl halides is 3. The summed E-state index contributed by atoms with van der Waals surface area (Å²) in [6, 6.07) is 5.09. The van der Waals surface area contributed by atoms with E-state index in [9.17, 15) is 18.0 Å². The van der Waals surface area contributed by atoms with E-state index in [-0.39, 0.29) is 23.9 Å². The van der Waals surface area contributed by atoms with Crippen molar-refractivity contribution >= 4 is 5.91 Å². The molecule has 1 aliphatic rings. The molecule has 1 amide bonds. The third-order valence-electron chi connectivity index (χ3n) is 4.51. The van der Waals surface area contributed by atoms with Gasteiger partial charge >= 0.3 is 6.18 Å². The molecule has 0 aliphatic carbocycles. The maximum Gasteiger partial charge on any atom is 0.416 e. The van der Waals surface area contributed by atoms with Gasteiger partial charge in [0.1, 0.15) is 0 Å². The third-order valence-corrected chi connectivity index (χ3v) is 4.51. The molecule has 24 heavy (non-hydrogen) atoms. The second-order valence-corrected chi connectivity index (χ2v) is 6.57. The summed E-state index contributed by atoms with van der Waals surface area (Å²) in [6.45, 7) is 5.68. The highest BCUT2D eigenvalue weighted by Gasteiger charge is 2.30. The molecule has 1 saturated heterocycles. The van der Waals surface area contributed by atoms with Crippen molar-refractivity contribution in [3.05, 3.63) is 35.4 Å². The van der Waals surface area contributed by atoms with E-state index in [4.69, 9.17) is 5.73 Å². The molecule has 1 fully saturated rings. The third kappa shape index (κ3) is 4.95. The van der Waals surface area contributed by atoms with E-state index in [0.717, 1.165) is 30.7 Å². The van der Waals surface area contributed by atoms with Crippen molar-refractivity contribution in [2.75, 3.05) is 13.1 Å². The van der Waals surface area contributed by atoms with Crippen LogP contribution in [0.25, 0.3) is 0 Å². The Kier molecular flexibility index (Phi) is 5.87. The number of hydrogen-bond donors (Lipinski definition) is 2. The molecule has 0 saturated carbocycles. The largest absolute Gasteiger partial charge is 0.416 e.